The number of hydrogen-bond donors (Lipinski definition) is 1. The third-order valence-electron chi connectivity index (χ3n) is 1.61. The Morgan fingerprint density at radius 2 is 2.54 bits per heavy atom. The van der Waals surface area contributed by atoms with Gasteiger partial charge in [0.2, 0.25) is 0 Å². The van der Waals surface area contributed by atoms with E-state index in [2.05, 4.69) is 46.7 Å². The molecule has 0 aromatic carbocycles. The molecule has 1 rings (SSSR count). The van der Waals surface area contributed by atoms with Crippen LogP contribution in [0.3, 0.4) is 0 Å². The number of nitrogens with one attached hydrogen (secondary N) is 1. The number of aromatic nitrogens is 1. The van der Waals surface area contributed by atoms with Crippen molar-refractivity contribution in [1.29, 1.82) is 0 Å². The minimum absolute atomic E-state index is 0.299. The highest BCUT2D eigenvalue weighted by Crippen LogP contribution is 2.19. The van der Waals surface area contributed by atoms with Crippen molar-refractivity contribution in [3.8, 4) is 0 Å². The molecule has 0 aliphatic heterocycles. The summed E-state index contributed by atoms with van der Waals surface area (Å²) in [5.74, 6) is 0. The smallest absolute Gasteiger partial charge is 0.109 e. The highest BCUT2D eigenvalue weighted by molar-refractivity contribution is 9.11. The molecule has 0 saturated carbocycles. The Hall–Kier alpha value is -0.190. The van der Waals surface area contributed by atoms with Crippen molar-refractivity contribution in [3.63, 3.8) is 0 Å². The zero-order valence-corrected chi connectivity index (χ0v) is 10.2. The predicted molar refractivity (Wildman–Crippen MR) is 61.3 cm³/mol. The molecule has 1 heterocycles. The fraction of sp³-hybridized carbons (Fsp3) is 0.444. The van der Waals surface area contributed by atoms with Crippen LogP contribution in [0, 0.1) is 6.92 Å². The Labute approximate surface area is 91.2 Å². The van der Waals surface area contributed by atoms with Crippen molar-refractivity contribution in [1.82, 2.24) is 10.3 Å². The van der Waals surface area contributed by atoms with Crippen molar-refractivity contribution >= 4 is 27.3 Å². The van der Waals surface area contributed by atoms with Crippen LogP contribution in [0.1, 0.15) is 22.9 Å². The Bertz CT molecular complexity index is 296. The maximum absolute atomic E-state index is 4.30. The van der Waals surface area contributed by atoms with Crippen LogP contribution in [0.2, 0.25) is 0 Å². The molecule has 1 N–H and O–H groups in total. The molecule has 13 heavy (non-hydrogen) atoms. The summed E-state index contributed by atoms with van der Waals surface area (Å²) < 4.78 is 0.965. The molecule has 0 radical (unpaired) electrons. The number of halogens is 1. The summed E-state index contributed by atoms with van der Waals surface area (Å²) in [6, 6.07) is 0.299. The summed E-state index contributed by atoms with van der Waals surface area (Å²) in [6.45, 7) is 8.71. The van der Waals surface area contributed by atoms with E-state index in [4.69, 9.17) is 0 Å². The van der Waals surface area contributed by atoms with E-state index >= 15 is 0 Å². The third kappa shape index (κ3) is 3.58. The number of thiazole rings is 1. The van der Waals surface area contributed by atoms with E-state index in [0.717, 1.165) is 16.0 Å². The van der Waals surface area contributed by atoms with Gasteiger partial charge in [-0.2, -0.15) is 0 Å². The number of aryl methyl sites for hydroxylation is 1. The number of rotatable bonds is 4. The monoisotopic (exact) mass is 260 g/mol. The van der Waals surface area contributed by atoms with Gasteiger partial charge in [0.25, 0.3) is 0 Å². The van der Waals surface area contributed by atoms with E-state index in [1.54, 1.807) is 11.3 Å². The van der Waals surface area contributed by atoms with Crippen LogP contribution in [-0.4, -0.2) is 11.5 Å². The van der Waals surface area contributed by atoms with Gasteiger partial charge in [0.1, 0.15) is 5.01 Å². The Balaban J connectivity index is 2.48. The van der Waals surface area contributed by atoms with Crippen LogP contribution in [0.5, 0.6) is 0 Å². The summed E-state index contributed by atoms with van der Waals surface area (Å²) in [6.07, 6.45) is 1.90. The minimum atomic E-state index is 0.299. The Morgan fingerprint density at radius 1 is 1.85 bits per heavy atom. The molecule has 0 aliphatic rings. The van der Waals surface area contributed by atoms with Crippen LogP contribution in [0.15, 0.2) is 17.3 Å². The molecule has 2 nitrogen and oxygen atoms in total. The summed E-state index contributed by atoms with van der Waals surface area (Å²) in [5.41, 5.74) is 0. The second-order valence-electron chi connectivity index (χ2n) is 2.93. The SMILES string of the molecule is C=C(Br)CNC(C)c1ncc(C)s1. The first-order valence-electron chi connectivity index (χ1n) is 4.08. The average molecular weight is 261 g/mol. The van der Waals surface area contributed by atoms with Crippen molar-refractivity contribution < 1.29 is 0 Å². The summed E-state index contributed by atoms with van der Waals surface area (Å²) in [4.78, 5) is 5.56. The zero-order valence-electron chi connectivity index (χ0n) is 7.80. The van der Waals surface area contributed by atoms with E-state index in [9.17, 15) is 0 Å². The van der Waals surface area contributed by atoms with E-state index in [-0.39, 0.29) is 0 Å². The van der Waals surface area contributed by atoms with Crippen molar-refractivity contribution in [3.05, 3.63) is 27.1 Å². The quantitative estimate of drug-likeness (QED) is 0.901. The molecule has 0 amide bonds. The first-order chi connectivity index (χ1) is 6.09. The predicted octanol–water partition coefficient (Wildman–Crippen LogP) is 3.01. The molecular formula is C9H13BrN2S. The van der Waals surface area contributed by atoms with E-state index in [0.29, 0.717) is 6.04 Å². The van der Waals surface area contributed by atoms with Gasteiger partial charge >= 0.3 is 0 Å². The van der Waals surface area contributed by atoms with Gasteiger partial charge < -0.3 is 5.32 Å². The lowest BCUT2D eigenvalue weighted by molar-refractivity contribution is 0.612. The fourth-order valence-electron chi connectivity index (χ4n) is 0.924. The summed E-state index contributed by atoms with van der Waals surface area (Å²) >= 11 is 5.04. The number of nitrogens with zero attached hydrogens (tertiary/aromatic N) is 1. The molecule has 1 aromatic heterocycles. The first-order valence-corrected chi connectivity index (χ1v) is 5.69. The topological polar surface area (TPSA) is 24.9 Å². The summed E-state index contributed by atoms with van der Waals surface area (Å²) in [7, 11) is 0. The van der Waals surface area contributed by atoms with Gasteiger partial charge in [-0.05, 0) is 13.8 Å². The van der Waals surface area contributed by atoms with Gasteiger partial charge in [-0.15, -0.1) is 11.3 Å². The van der Waals surface area contributed by atoms with Gasteiger partial charge in [-0.3, -0.25) is 0 Å². The molecule has 0 saturated heterocycles. The molecule has 1 unspecified atom stereocenters. The van der Waals surface area contributed by atoms with Crippen LogP contribution in [0.4, 0.5) is 0 Å². The second-order valence-corrected chi connectivity index (χ2v) is 5.32. The van der Waals surface area contributed by atoms with E-state index in [1.165, 1.54) is 4.88 Å². The zero-order chi connectivity index (χ0) is 9.84. The molecule has 0 spiro atoms. The largest absolute Gasteiger partial charge is 0.304 e. The number of hydrogen-bond acceptors (Lipinski definition) is 3. The van der Waals surface area contributed by atoms with Crippen molar-refractivity contribution in [2.75, 3.05) is 6.54 Å². The standard InChI is InChI=1S/C9H13BrN2S/c1-6(10)4-11-8(3)9-12-5-7(2)13-9/h5,8,11H,1,4H2,2-3H3. The minimum Gasteiger partial charge on any atom is -0.304 e. The fourth-order valence-corrected chi connectivity index (χ4v) is 1.89. The van der Waals surface area contributed by atoms with Crippen LogP contribution < -0.4 is 5.32 Å². The summed E-state index contributed by atoms with van der Waals surface area (Å²) in [5, 5.41) is 4.44. The normalized spacial score (nSPS) is 12.8. The molecule has 1 atom stereocenters. The lowest BCUT2D eigenvalue weighted by Crippen LogP contribution is -2.19. The van der Waals surface area contributed by atoms with Crippen LogP contribution in [-0.2, 0) is 0 Å². The third-order valence-corrected chi connectivity index (χ3v) is 2.99. The van der Waals surface area contributed by atoms with Crippen LogP contribution >= 0.6 is 27.3 Å². The molecule has 0 fully saturated rings. The molecule has 0 aliphatic carbocycles. The molecule has 72 valence electrons. The van der Waals surface area contributed by atoms with Crippen LogP contribution in [0.25, 0.3) is 0 Å². The van der Waals surface area contributed by atoms with Gasteiger partial charge in [-0.25, -0.2) is 4.98 Å². The Morgan fingerprint density at radius 3 is 3.00 bits per heavy atom. The van der Waals surface area contributed by atoms with E-state index < -0.39 is 0 Å². The average Bonchev–Trinajstić information content (AvgIpc) is 2.47. The molecule has 1 aromatic rings. The highest BCUT2D eigenvalue weighted by atomic mass is 79.9. The molecular weight excluding hydrogens is 248 g/mol. The molecule has 0 bridgehead atoms. The van der Waals surface area contributed by atoms with Gasteiger partial charge in [-0.1, -0.05) is 22.5 Å². The highest BCUT2D eigenvalue weighted by Gasteiger charge is 2.07. The van der Waals surface area contributed by atoms with Crippen molar-refractivity contribution in [2.45, 2.75) is 19.9 Å². The van der Waals surface area contributed by atoms with Gasteiger partial charge in [0.05, 0.1) is 6.04 Å². The lowest BCUT2D eigenvalue weighted by atomic mass is 10.3. The van der Waals surface area contributed by atoms with Gasteiger partial charge in [0, 0.05) is 22.1 Å². The maximum Gasteiger partial charge on any atom is 0.109 e. The van der Waals surface area contributed by atoms with Crippen molar-refractivity contribution in [2.24, 2.45) is 0 Å². The second kappa shape index (κ2) is 4.88. The molecule has 4 heteroatoms. The Kier molecular flexibility index (Phi) is 4.09. The lowest BCUT2D eigenvalue weighted by Gasteiger charge is -2.09. The van der Waals surface area contributed by atoms with Gasteiger partial charge in [0.15, 0.2) is 0 Å². The first kappa shape index (κ1) is 10.9. The maximum atomic E-state index is 4.30. The van der Waals surface area contributed by atoms with E-state index in [1.807, 2.05) is 6.20 Å².